The van der Waals surface area contributed by atoms with E-state index in [4.69, 9.17) is 4.74 Å². The molecule has 0 radical (unpaired) electrons. The lowest BCUT2D eigenvalue weighted by atomic mass is 10.0. The van der Waals surface area contributed by atoms with Crippen LogP contribution in [-0.4, -0.2) is 86.4 Å². The molecule has 2 heterocycles. The second kappa shape index (κ2) is 16.2. The zero-order valence-electron chi connectivity index (χ0n) is 21.7. The van der Waals surface area contributed by atoms with Crippen molar-refractivity contribution in [2.45, 2.75) is 75.9 Å². The van der Waals surface area contributed by atoms with Gasteiger partial charge >= 0.3 is 6.03 Å². The number of urea groups is 1. The summed E-state index contributed by atoms with van der Waals surface area (Å²) >= 11 is 0. The van der Waals surface area contributed by atoms with Crippen molar-refractivity contribution in [1.29, 1.82) is 0 Å². The van der Waals surface area contributed by atoms with Crippen LogP contribution in [-0.2, 0) is 14.8 Å². The van der Waals surface area contributed by atoms with Crippen LogP contribution in [0.2, 0.25) is 0 Å². The Labute approximate surface area is 217 Å². The van der Waals surface area contributed by atoms with Crippen molar-refractivity contribution >= 4 is 21.7 Å². The number of pyridine rings is 1. The molecule has 36 heavy (non-hydrogen) atoms. The van der Waals surface area contributed by atoms with E-state index in [9.17, 15) is 13.2 Å². The fourth-order valence-electron chi connectivity index (χ4n) is 4.99. The Kier molecular flexibility index (Phi) is 12.9. The van der Waals surface area contributed by atoms with Gasteiger partial charge in [0.05, 0.1) is 18.5 Å². The van der Waals surface area contributed by atoms with Gasteiger partial charge < -0.3 is 15.4 Å². The van der Waals surface area contributed by atoms with Gasteiger partial charge in [-0.1, -0.05) is 38.5 Å². The number of nitrogens with one attached hydrogen (secondary N) is 2. The van der Waals surface area contributed by atoms with Crippen molar-refractivity contribution in [2.24, 2.45) is 0 Å². The molecule has 1 saturated heterocycles. The minimum absolute atomic E-state index is 0.195. The molecule has 0 spiro atoms. The number of morpholine rings is 1. The van der Waals surface area contributed by atoms with E-state index in [-0.39, 0.29) is 11.3 Å². The number of aromatic nitrogens is 1. The Morgan fingerprint density at radius 2 is 1.64 bits per heavy atom. The molecule has 0 atom stereocenters. The van der Waals surface area contributed by atoms with E-state index >= 15 is 0 Å². The molecular weight excluding hydrogens is 478 g/mol. The van der Waals surface area contributed by atoms with Crippen LogP contribution < -0.4 is 10.6 Å². The Hall–Kier alpha value is -1.75. The number of carbonyl (C=O) groups is 1. The van der Waals surface area contributed by atoms with Crippen molar-refractivity contribution in [3.8, 4) is 0 Å². The normalized spacial score (nSPS) is 17.8. The number of amides is 2. The number of anilines is 1. The average molecular weight is 524 g/mol. The number of ether oxygens (including phenoxy) is 1. The van der Waals surface area contributed by atoms with Crippen molar-refractivity contribution in [2.75, 3.05) is 57.8 Å². The first-order valence-electron chi connectivity index (χ1n) is 13.8. The van der Waals surface area contributed by atoms with E-state index in [1.165, 1.54) is 0 Å². The fourth-order valence-corrected chi connectivity index (χ4v) is 7.11. The summed E-state index contributed by atoms with van der Waals surface area (Å²) in [6.45, 7) is 6.22. The topological polar surface area (TPSA) is 104 Å². The first kappa shape index (κ1) is 28.8. The maximum atomic E-state index is 13.4. The Balaban J connectivity index is 1.33. The smallest absolute Gasteiger partial charge is 0.319 e. The fraction of sp³-hybridized carbons (Fsp3) is 0.769. The summed E-state index contributed by atoms with van der Waals surface area (Å²) in [6.07, 6.45) is 13.8. The van der Waals surface area contributed by atoms with Crippen molar-refractivity contribution in [3.05, 3.63) is 24.5 Å². The Morgan fingerprint density at radius 3 is 2.39 bits per heavy atom. The van der Waals surface area contributed by atoms with E-state index in [1.54, 1.807) is 28.8 Å². The molecule has 1 saturated carbocycles. The maximum absolute atomic E-state index is 13.4. The summed E-state index contributed by atoms with van der Waals surface area (Å²) in [6, 6.07) is 3.29. The molecule has 0 bridgehead atoms. The summed E-state index contributed by atoms with van der Waals surface area (Å²) < 4.78 is 34.0. The summed E-state index contributed by atoms with van der Waals surface area (Å²) in [7, 11) is -3.23. The van der Waals surface area contributed by atoms with Gasteiger partial charge in [-0.2, -0.15) is 0 Å². The molecule has 0 aromatic carbocycles. The van der Waals surface area contributed by atoms with E-state index in [0.29, 0.717) is 19.6 Å². The van der Waals surface area contributed by atoms with E-state index < -0.39 is 10.0 Å². The number of sulfonamides is 1. The molecule has 3 rings (SSSR count). The SMILES string of the molecule is O=C(NCCCCCCCN(CCCN1CCOCC1)S(=O)(=O)C1CCCCC1)Nc1ccncc1. The minimum atomic E-state index is -3.23. The lowest BCUT2D eigenvalue weighted by molar-refractivity contribution is 0.0369. The molecule has 1 aromatic heterocycles. The zero-order chi connectivity index (χ0) is 25.5. The molecule has 204 valence electrons. The van der Waals surface area contributed by atoms with Gasteiger partial charge in [0, 0.05) is 50.8 Å². The highest BCUT2D eigenvalue weighted by atomic mass is 32.2. The van der Waals surface area contributed by atoms with Crippen molar-refractivity contribution < 1.29 is 17.9 Å². The highest BCUT2D eigenvalue weighted by Crippen LogP contribution is 2.26. The first-order chi connectivity index (χ1) is 17.6. The molecular formula is C26H45N5O4S. The number of carbonyl (C=O) groups excluding carboxylic acids is 1. The van der Waals surface area contributed by atoms with Crippen molar-refractivity contribution in [3.63, 3.8) is 0 Å². The number of hydrogen-bond donors (Lipinski definition) is 2. The number of unbranched alkanes of at least 4 members (excludes halogenated alkanes) is 4. The van der Waals surface area contributed by atoms with Crippen LogP contribution in [0.1, 0.15) is 70.6 Å². The van der Waals surface area contributed by atoms with Crippen LogP contribution in [0.5, 0.6) is 0 Å². The van der Waals surface area contributed by atoms with Gasteiger partial charge in [-0.3, -0.25) is 9.88 Å². The Morgan fingerprint density at radius 1 is 0.972 bits per heavy atom. The molecule has 1 aromatic rings. The largest absolute Gasteiger partial charge is 0.379 e. The molecule has 2 N–H and O–H groups in total. The van der Waals surface area contributed by atoms with Crippen LogP contribution in [0.3, 0.4) is 0 Å². The number of hydrogen-bond acceptors (Lipinski definition) is 6. The van der Waals surface area contributed by atoms with E-state index in [0.717, 1.165) is 109 Å². The molecule has 10 heteroatoms. The molecule has 1 aliphatic carbocycles. The summed E-state index contributed by atoms with van der Waals surface area (Å²) in [5, 5.41) is 5.46. The average Bonchev–Trinajstić information content (AvgIpc) is 2.90. The van der Waals surface area contributed by atoms with Gasteiger partial charge in [-0.05, 0) is 50.8 Å². The van der Waals surface area contributed by atoms with Crippen LogP contribution >= 0.6 is 0 Å². The van der Waals surface area contributed by atoms with Crippen LogP contribution in [0.4, 0.5) is 10.5 Å². The van der Waals surface area contributed by atoms with Gasteiger partial charge in [0.15, 0.2) is 0 Å². The third-order valence-corrected chi connectivity index (χ3v) is 9.53. The summed E-state index contributed by atoms with van der Waals surface area (Å²) in [5.41, 5.74) is 0.722. The third-order valence-electron chi connectivity index (χ3n) is 7.13. The van der Waals surface area contributed by atoms with Crippen molar-refractivity contribution in [1.82, 2.24) is 19.5 Å². The highest BCUT2D eigenvalue weighted by molar-refractivity contribution is 7.89. The molecule has 2 fully saturated rings. The van der Waals surface area contributed by atoms with E-state index in [1.807, 2.05) is 0 Å². The third kappa shape index (κ3) is 10.3. The lowest BCUT2D eigenvalue weighted by Crippen LogP contribution is -2.42. The molecule has 1 aliphatic heterocycles. The second-order valence-electron chi connectivity index (χ2n) is 9.90. The van der Waals surface area contributed by atoms with Gasteiger partial charge in [0.2, 0.25) is 10.0 Å². The molecule has 2 aliphatic rings. The predicted molar refractivity (Wildman–Crippen MR) is 144 cm³/mol. The van der Waals surface area contributed by atoms with E-state index in [2.05, 4.69) is 20.5 Å². The highest BCUT2D eigenvalue weighted by Gasteiger charge is 2.32. The van der Waals surface area contributed by atoms with Gasteiger partial charge in [-0.25, -0.2) is 17.5 Å². The van der Waals surface area contributed by atoms with Gasteiger partial charge in [0.25, 0.3) is 0 Å². The quantitative estimate of drug-likeness (QED) is 0.339. The number of nitrogens with zero attached hydrogens (tertiary/aromatic N) is 3. The zero-order valence-corrected chi connectivity index (χ0v) is 22.5. The standard InChI is InChI=1S/C26H45N5O4S/c32-26(29-24-12-15-27-16-13-24)28-14-7-2-1-3-8-18-31(19-9-17-30-20-22-35-23-21-30)36(33,34)25-10-5-4-6-11-25/h12-13,15-16,25H,1-11,14,17-23H2,(H2,27,28,29,32). The summed E-state index contributed by atoms with van der Waals surface area (Å²) in [4.78, 5) is 18.2. The monoisotopic (exact) mass is 523 g/mol. The van der Waals surface area contributed by atoms with Crippen LogP contribution in [0.25, 0.3) is 0 Å². The Bertz CT molecular complexity index is 843. The number of rotatable bonds is 15. The summed E-state index contributed by atoms with van der Waals surface area (Å²) in [5.74, 6) is 0. The molecule has 9 nitrogen and oxygen atoms in total. The lowest BCUT2D eigenvalue weighted by Gasteiger charge is -2.31. The van der Waals surface area contributed by atoms with Crippen LogP contribution in [0, 0.1) is 0 Å². The molecule has 0 unspecified atom stereocenters. The minimum Gasteiger partial charge on any atom is -0.379 e. The maximum Gasteiger partial charge on any atom is 0.319 e. The second-order valence-corrected chi connectivity index (χ2v) is 12.1. The van der Waals surface area contributed by atoms with Crippen LogP contribution in [0.15, 0.2) is 24.5 Å². The first-order valence-corrected chi connectivity index (χ1v) is 15.3. The molecule has 2 amide bonds. The predicted octanol–water partition coefficient (Wildman–Crippen LogP) is 3.84. The van der Waals surface area contributed by atoms with Gasteiger partial charge in [-0.15, -0.1) is 0 Å². The van der Waals surface area contributed by atoms with Gasteiger partial charge in [0.1, 0.15) is 0 Å².